The van der Waals surface area contributed by atoms with Crippen LogP contribution in [0.2, 0.25) is 0 Å². The van der Waals surface area contributed by atoms with Gasteiger partial charge in [0.1, 0.15) is 0 Å². The van der Waals surface area contributed by atoms with E-state index in [9.17, 15) is 4.79 Å². The van der Waals surface area contributed by atoms with Gasteiger partial charge in [0.15, 0.2) is 0 Å². The molecule has 0 aromatic rings. The molecule has 0 aliphatic carbocycles. The molecule has 1 aliphatic heterocycles. The summed E-state index contributed by atoms with van der Waals surface area (Å²) in [5.41, 5.74) is 4.93. The Morgan fingerprint density at radius 2 is 2.25 bits per heavy atom. The summed E-state index contributed by atoms with van der Waals surface area (Å²) in [6.45, 7) is 7.05. The van der Waals surface area contributed by atoms with Gasteiger partial charge in [-0.2, -0.15) is 0 Å². The number of amides is 2. The van der Waals surface area contributed by atoms with Gasteiger partial charge in [0, 0.05) is 6.54 Å². The summed E-state index contributed by atoms with van der Waals surface area (Å²) < 4.78 is 5.51. The average Bonchev–Trinajstić information content (AvgIpc) is 1.94. The van der Waals surface area contributed by atoms with Crippen LogP contribution in [0.15, 0.2) is 0 Å². The molecule has 4 heteroatoms. The van der Waals surface area contributed by atoms with E-state index in [2.05, 4.69) is 0 Å². The van der Waals surface area contributed by atoms with Gasteiger partial charge in [-0.05, 0) is 20.8 Å². The van der Waals surface area contributed by atoms with Gasteiger partial charge in [-0.1, -0.05) is 0 Å². The molecule has 0 bridgehead atoms. The van der Waals surface area contributed by atoms with Crippen LogP contribution in [0, 0.1) is 0 Å². The Morgan fingerprint density at radius 3 is 2.67 bits per heavy atom. The summed E-state index contributed by atoms with van der Waals surface area (Å²) in [4.78, 5) is 12.6. The average molecular weight is 172 g/mol. The molecule has 0 saturated carbocycles. The Kier molecular flexibility index (Phi) is 2.28. The molecule has 0 aromatic heterocycles. The largest absolute Gasteiger partial charge is 0.372 e. The second-order valence-electron chi connectivity index (χ2n) is 3.66. The summed E-state index contributed by atoms with van der Waals surface area (Å²) >= 11 is 0. The first-order chi connectivity index (χ1) is 5.45. The molecule has 0 spiro atoms. The van der Waals surface area contributed by atoms with E-state index in [-0.39, 0.29) is 17.7 Å². The van der Waals surface area contributed by atoms with E-state index in [1.54, 1.807) is 4.90 Å². The number of ether oxygens (including phenoxy) is 1. The van der Waals surface area contributed by atoms with Gasteiger partial charge < -0.3 is 15.4 Å². The molecule has 70 valence electrons. The van der Waals surface area contributed by atoms with Crippen LogP contribution in [0.25, 0.3) is 0 Å². The molecule has 1 fully saturated rings. The van der Waals surface area contributed by atoms with E-state index in [0.717, 1.165) is 0 Å². The maximum absolute atomic E-state index is 10.9. The van der Waals surface area contributed by atoms with E-state index in [0.29, 0.717) is 13.2 Å². The minimum Gasteiger partial charge on any atom is -0.372 e. The van der Waals surface area contributed by atoms with Crippen molar-refractivity contribution < 1.29 is 9.53 Å². The number of carbonyl (C=O) groups is 1. The van der Waals surface area contributed by atoms with Gasteiger partial charge >= 0.3 is 6.03 Å². The van der Waals surface area contributed by atoms with Crippen LogP contribution in [0.5, 0.6) is 0 Å². The fourth-order valence-electron chi connectivity index (χ4n) is 1.40. The fourth-order valence-corrected chi connectivity index (χ4v) is 1.40. The number of hydrogen-bond acceptors (Lipinski definition) is 2. The Morgan fingerprint density at radius 1 is 1.67 bits per heavy atom. The Bertz CT molecular complexity index is 191. The third-order valence-electron chi connectivity index (χ3n) is 2.56. The number of primary amides is 1. The van der Waals surface area contributed by atoms with Crippen LogP contribution in [-0.2, 0) is 4.74 Å². The molecular weight excluding hydrogens is 156 g/mol. The van der Waals surface area contributed by atoms with Crippen molar-refractivity contribution >= 4 is 6.03 Å². The van der Waals surface area contributed by atoms with Crippen LogP contribution < -0.4 is 5.73 Å². The van der Waals surface area contributed by atoms with E-state index in [1.165, 1.54) is 0 Å². The molecule has 1 heterocycles. The molecule has 1 saturated heterocycles. The van der Waals surface area contributed by atoms with E-state index in [4.69, 9.17) is 10.5 Å². The molecule has 0 radical (unpaired) electrons. The van der Waals surface area contributed by atoms with Gasteiger partial charge in [0.2, 0.25) is 0 Å². The Labute approximate surface area is 72.7 Å². The second-order valence-corrected chi connectivity index (χ2v) is 3.66. The van der Waals surface area contributed by atoms with Crippen molar-refractivity contribution in [3.05, 3.63) is 0 Å². The van der Waals surface area contributed by atoms with Gasteiger partial charge in [-0.3, -0.25) is 0 Å². The lowest BCUT2D eigenvalue weighted by molar-refractivity contribution is -0.105. The molecule has 0 aromatic carbocycles. The van der Waals surface area contributed by atoms with Crippen molar-refractivity contribution in [1.29, 1.82) is 0 Å². The molecule has 12 heavy (non-hydrogen) atoms. The molecular formula is C8H16N2O2. The predicted octanol–water partition coefficient (Wildman–Crippen LogP) is 0.564. The molecule has 2 amide bonds. The van der Waals surface area contributed by atoms with Crippen LogP contribution in [0.4, 0.5) is 4.79 Å². The smallest absolute Gasteiger partial charge is 0.315 e. The van der Waals surface area contributed by atoms with Crippen molar-refractivity contribution in [1.82, 2.24) is 4.90 Å². The summed E-state index contributed by atoms with van der Waals surface area (Å²) in [6, 6.07) is -0.317. The van der Waals surface area contributed by atoms with E-state index < -0.39 is 0 Å². The topological polar surface area (TPSA) is 55.6 Å². The molecule has 2 N–H and O–H groups in total. The van der Waals surface area contributed by atoms with Crippen molar-refractivity contribution in [2.45, 2.75) is 32.4 Å². The molecule has 1 aliphatic rings. The summed E-state index contributed by atoms with van der Waals surface area (Å²) in [5, 5.41) is 0. The lowest BCUT2D eigenvalue weighted by Gasteiger charge is -2.43. The third kappa shape index (κ3) is 1.53. The van der Waals surface area contributed by atoms with Crippen LogP contribution in [0.1, 0.15) is 20.8 Å². The maximum atomic E-state index is 10.9. The highest BCUT2D eigenvalue weighted by molar-refractivity contribution is 5.72. The van der Waals surface area contributed by atoms with Gasteiger partial charge in [-0.15, -0.1) is 0 Å². The number of nitrogens with zero attached hydrogens (tertiary/aromatic N) is 1. The second kappa shape index (κ2) is 2.94. The standard InChI is InChI=1S/C8H16N2O2/c1-6-8(2,3)12-5-4-10(6)7(9)11/h6H,4-5H2,1-3H3,(H2,9,11). The first kappa shape index (κ1) is 9.32. The lowest BCUT2D eigenvalue weighted by atomic mass is 9.97. The van der Waals surface area contributed by atoms with Crippen LogP contribution in [-0.4, -0.2) is 35.7 Å². The first-order valence-corrected chi connectivity index (χ1v) is 4.15. The summed E-state index contributed by atoms with van der Waals surface area (Å²) in [6.07, 6.45) is 0. The number of rotatable bonds is 0. The molecule has 1 rings (SSSR count). The molecule has 1 unspecified atom stereocenters. The minimum atomic E-state index is -0.362. The zero-order valence-electron chi connectivity index (χ0n) is 7.83. The molecule has 1 atom stereocenters. The highest BCUT2D eigenvalue weighted by Gasteiger charge is 2.36. The van der Waals surface area contributed by atoms with Gasteiger partial charge in [-0.25, -0.2) is 4.79 Å². The van der Waals surface area contributed by atoms with Gasteiger partial charge in [0.05, 0.1) is 18.2 Å². The fraction of sp³-hybridized carbons (Fsp3) is 0.875. The summed E-state index contributed by atoms with van der Waals surface area (Å²) in [5.74, 6) is 0. The predicted molar refractivity (Wildman–Crippen MR) is 45.8 cm³/mol. The van der Waals surface area contributed by atoms with Crippen molar-refractivity contribution in [2.24, 2.45) is 5.73 Å². The van der Waals surface area contributed by atoms with Crippen molar-refractivity contribution in [3.63, 3.8) is 0 Å². The summed E-state index contributed by atoms with van der Waals surface area (Å²) in [7, 11) is 0. The SMILES string of the molecule is CC1N(C(N)=O)CCOC1(C)C. The van der Waals surface area contributed by atoms with Crippen LogP contribution >= 0.6 is 0 Å². The molecule has 4 nitrogen and oxygen atoms in total. The zero-order chi connectivity index (χ0) is 9.35. The minimum absolute atomic E-state index is 0.0451. The van der Waals surface area contributed by atoms with Crippen molar-refractivity contribution in [3.8, 4) is 0 Å². The quantitative estimate of drug-likeness (QED) is 0.580. The van der Waals surface area contributed by atoms with E-state index in [1.807, 2.05) is 20.8 Å². The zero-order valence-corrected chi connectivity index (χ0v) is 7.83. The monoisotopic (exact) mass is 172 g/mol. The lowest BCUT2D eigenvalue weighted by Crippen LogP contribution is -2.58. The first-order valence-electron chi connectivity index (χ1n) is 4.15. The number of urea groups is 1. The van der Waals surface area contributed by atoms with Crippen molar-refractivity contribution in [2.75, 3.05) is 13.2 Å². The number of morpholine rings is 1. The third-order valence-corrected chi connectivity index (χ3v) is 2.56. The number of hydrogen-bond donors (Lipinski definition) is 1. The maximum Gasteiger partial charge on any atom is 0.315 e. The highest BCUT2D eigenvalue weighted by atomic mass is 16.5. The van der Waals surface area contributed by atoms with E-state index >= 15 is 0 Å². The van der Waals surface area contributed by atoms with Gasteiger partial charge in [0.25, 0.3) is 0 Å². The normalized spacial score (nSPS) is 28.6. The van der Waals surface area contributed by atoms with Crippen LogP contribution in [0.3, 0.4) is 0 Å². The number of carbonyl (C=O) groups excluding carboxylic acids is 1. The Hall–Kier alpha value is -0.770. The highest BCUT2D eigenvalue weighted by Crippen LogP contribution is 2.23. The number of nitrogens with two attached hydrogens (primary N) is 1. The Balaban J connectivity index is 2.73.